The second-order valence-electron chi connectivity index (χ2n) is 4.34. The van der Waals surface area contributed by atoms with E-state index >= 15 is 0 Å². The number of nitrogen functional groups attached to an aromatic ring is 1. The molecule has 0 fully saturated rings. The normalized spacial score (nSPS) is 11.2. The monoisotopic (exact) mass is 242 g/mol. The van der Waals surface area contributed by atoms with E-state index in [0.29, 0.717) is 18.8 Å². The number of aliphatic hydroxyl groups excluding tert-OH is 2. The van der Waals surface area contributed by atoms with Crippen LogP contribution in [0.5, 0.6) is 0 Å². The molecule has 6 heteroatoms. The number of aliphatic hydroxyl groups is 2. The first-order chi connectivity index (χ1) is 8.02. The van der Waals surface area contributed by atoms with Crippen LogP contribution in [-0.2, 0) is 7.05 Å². The molecule has 0 amide bonds. The molecular formula is C11H22N4O2. The number of hydrogen-bond donors (Lipinski definition) is 3. The topological polar surface area (TPSA) is 87.5 Å². The molecule has 0 unspecified atom stereocenters. The van der Waals surface area contributed by atoms with Crippen LogP contribution >= 0.6 is 0 Å². The van der Waals surface area contributed by atoms with Crippen LogP contribution in [0.2, 0.25) is 0 Å². The molecule has 0 radical (unpaired) electrons. The molecule has 4 N–H and O–H groups in total. The average Bonchev–Trinajstić information content (AvgIpc) is 2.54. The van der Waals surface area contributed by atoms with Crippen molar-refractivity contribution in [2.24, 2.45) is 7.05 Å². The van der Waals surface area contributed by atoms with Gasteiger partial charge in [-0.25, -0.2) is 0 Å². The Bertz CT molecular complexity index is 357. The lowest BCUT2D eigenvalue weighted by atomic mass is 10.1. The molecule has 0 spiro atoms. The predicted molar refractivity (Wildman–Crippen MR) is 68.1 cm³/mol. The minimum absolute atomic E-state index is 0.0155. The van der Waals surface area contributed by atoms with Gasteiger partial charge in [-0.15, -0.1) is 0 Å². The molecule has 0 saturated carbocycles. The molecule has 0 aromatic carbocycles. The van der Waals surface area contributed by atoms with E-state index in [1.807, 2.05) is 25.8 Å². The molecule has 0 bridgehead atoms. The van der Waals surface area contributed by atoms with Crippen molar-refractivity contribution in [2.75, 3.05) is 36.9 Å². The summed E-state index contributed by atoms with van der Waals surface area (Å²) in [6.07, 6.45) is 0. The molecular weight excluding hydrogens is 220 g/mol. The van der Waals surface area contributed by atoms with Crippen molar-refractivity contribution in [3.8, 4) is 0 Å². The maximum atomic E-state index is 9.03. The fourth-order valence-electron chi connectivity index (χ4n) is 1.92. The van der Waals surface area contributed by atoms with Gasteiger partial charge in [-0.3, -0.25) is 4.68 Å². The summed E-state index contributed by atoms with van der Waals surface area (Å²) in [6.45, 7) is 4.96. The molecule has 98 valence electrons. The van der Waals surface area contributed by atoms with Gasteiger partial charge in [0.1, 0.15) is 0 Å². The van der Waals surface area contributed by atoms with Gasteiger partial charge in [-0.05, 0) is 5.92 Å². The van der Waals surface area contributed by atoms with Crippen LogP contribution in [0.25, 0.3) is 0 Å². The van der Waals surface area contributed by atoms with Gasteiger partial charge in [0.2, 0.25) is 0 Å². The number of aryl methyl sites for hydroxylation is 1. The molecule has 0 aliphatic rings. The minimum Gasteiger partial charge on any atom is -0.395 e. The first-order valence-electron chi connectivity index (χ1n) is 5.81. The van der Waals surface area contributed by atoms with Crippen LogP contribution in [0.1, 0.15) is 25.5 Å². The lowest BCUT2D eigenvalue weighted by Crippen LogP contribution is -2.31. The predicted octanol–water partition coefficient (Wildman–Crippen LogP) is -0.0833. The highest BCUT2D eigenvalue weighted by atomic mass is 16.3. The van der Waals surface area contributed by atoms with Gasteiger partial charge >= 0.3 is 0 Å². The second kappa shape index (κ2) is 5.88. The van der Waals surface area contributed by atoms with Gasteiger partial charge in [0.25, 0.3) is 0 Å². The van der Waals surface area contributed by atoms with E-state index < -0.39 is 0 Å². The number of nitrogens with zero attached hydrogens (tertiary/aromatic N) is 3. The van der Waals surface area contributed by atoms with Gasteiger partial charge in [0.05, 0.1) is 24.6 Å². The third-order valence-corrected chi connectivity index (χ3v) is 2.67. The summed E-state index contributed by atoms with van der Waals surface area (Å²) in [5, 5.41) is 22.4. The van der Waals surface area contributed by atoms with E-state index in [1.54, 1.807) is 4.68 Å². The first-order valence-corrected chi connectivity index (χ1v) is 5.81. The Balaban J connectivity index is 3.09. The minimum atomic E-state index is 0.0155. The fourth-order valence-corrected chi connectivity index (χ4v) is 1.92. The highest BCUT2D eigenvalue weighted by Gasteiger charge is 2.20. The maximum absolute atomic E-state index is 9.03. The van der Waals surface area contributed by atoms with Crippen molar-refractivity contribution in [1.29, 1.82) is 0 Å². The zero-order valence-corrected chi connectivity index (χ0v) is 10.7. The molecule has 0 aliphatic heterocycles. The molecule has 0 aliphatic carbocycles. The number of anilines is 2. The Morgan fingerprint density at radius 2 is 1.82 bits per heavy atom. The van der Waals surface area contributed by atoms with E-state index in [2.05, 4.69) is 5.10 Å². The van der Waals surface area contributed by atoms with Crippen molar-refractivity contribution in [3.63, 3.8) is 0 Å². The molecule has 0 saturated heterocycles. The van der Waals surface area contributed by atoms with E-state index in [9.17, 15) is 0 Å². The van der Waals surface area contributed by atoms with Gasteiger partial charge in [0.15, 0.2) is 5.82 Å². The molecule has 0 atom stereocenters. The van der Waals surface area contributed by atoms with Crippen molar-refractivity contribution in [2.45, 2.75) is 19.8 Å². The summed E-state index contributed by atoms with van der Waals surface area (Å²) in [6, 6.07) is 0. The summed E-state index contributed by atoms with van der Waals surface area (Å²) in [5.74, 6) is 1.01. The average molecular weight is 242 g/mol. The Labute approximate surface area is 102 Å². The number of aromatic nitrogens is 2. The molecule has 6 nitrogen and oxygen atoms in total. The molecule has 1 rings (SSSR count). The van der Waals surface area contributed by atoms with E-state index in [-0.39, 0.29) is 19.1 Å². The van der Waals surface area contributed by atoms with Gasteiger partial charge in [-0.2, -0.15) is 5.10 Å². The van der Waals surface area contributed by atoms with E-state index in [0.717, 1.165) is 11.5 Å². The Morgan fingerprint density at radius 3 is 2.18 bits per heavy atom. The van der Waals surface area contributed by atoms with Gasteiger partial charge in [0, 0.05) is 20.1 Å². The highest BCUT2D eigenvalue weighted by Crippen LogP contribution is 2.30. The fraction of sp³-hybridized carbons (Fsp3) is 0.727. The number of nitrogens with two attached hydrogens (primary N) is 1. The van der Waals surface area contributed by atoms with Crippen molar-refractivity contribution < 1.29 is 10.2 Å². The molecule has 1 heterocycles. The van der Waals surface area contributed by atoms with Gasteiger partial charge < -0.3 is 20.8 Å². The number of hydrogen-bond acceptors (Lipinski definition) is 5. The van der Waals surface area contributed by atoms with Crippen LogP contribution in [0.3, 0.4) is 0 Å². The quantitative estimate of drug-likeness (QED) is 0.649. The Morgan fingerprint density at radius 1 is 1.29 bits per heavy atom. The largest absolute Gasteiger partial charge is 0.395 e. The summed E-state index contributed by atoms with van der Waals surface area (Å²) >= 11 is 0. The van der Waals surface area contributed by atoms with Crippen LogP contribution in [0, 0.1) is 0 Å². The summed E-state index contributed by atoms with van der Waals surface area (Å²) in [5.41, 5.74) is 7.56. The van der Waals surface area contributed by atoms with Crippen LogP contribution in [0.4, 0.5) is 11.5 Å². The smallest absolute Gasteiger partial charge is 0.150 e. The maximum Gasteiger partial charge on any atom is 0.150 e. The standard InChI is InChI=1S/C11H22N4O2/c1-8(2)10-9(12)11(14(3)13-10)15(4-6-16)5-7-17/h8,16-17H,4-7,12H2,1-3H3. The van der Waals surface area contributed by atoms with Crippen LogP contribution in [0.15, 0.2) is 0 Å². The van der Waals surface area contributed by atoms with Crippen molar-refractivity contribution in [1.82, 2.24) is 9.78 Å². The van der Waals surface area contributed by atoms with Crippen LogP contribution < -0.4 is 10.6 Å². The van der Waals surface area contributed by atoms with Crippen molar-refractivity contribution in [3.05, 3.63) is 5.69 Å². The summed E-state index contributed by atoms with van der Waals surface area (Å²) in [4.78, 5) is 1.84. The Hall–Kier alpha value is -1.27. The van der Waals surface area contributed by atoms with Gasteiger partial charge in [-0.1, -0.05) is 13.8 Å². The number of rotatable bonds is 6. The van der Waals surface area contributed by atoms with E-state index in [1.165, 1.54) is 0 Å². The SMILES string of the molecule is CC(C)c1nn(C)c(N(CCO)CCO)c1N. The lowest BCUT2D eigenvalue weighted by molar-refractivity contribution is 0.280. The highest BCUT2D eigenvalue weighted by molar-refractivity contribution is 5.67. The third-order valence-electron chi connectivity index (χ3n) is 2.67. The van der Waals surface area contributed by atoms with E-state index in [4.69, 9.17) is 15.9 Å². The zero-order chi connectivity index (χ0) is 13.0. The van der Waals surface area contributed by atoms with Crippen molar-refractivity contribution >= 4 is 11.5 Å². The van der Waals surface area contributed by atoms with Crippen LogP contribution in [-0.4, -0.2) is 46.3 Å². The zero-order valence-electron chi connectivity index (χ0n) is 10.7. The molecule has 17 heavy (non-hydrogen) atoms. The second-order valence-corrected chi connectivity index (χ2v) is 4.34. The lowest BCUT2D eigenvalue weighted by Gasteiger charge is -2.23. The third kappa shape index (κ3) is 2.89. The molecule has 1 aromatic rings. The molecule has 1 aromatic heterocycles. The Kier molecular flexibility index (Phi) is 4.77. The summed E-state index contributed by atoms with van der Waals surface area (Å²) < 4.78 is 1.70. The summed E-state index contributed by atoms with van der Waals surface area (Å²) in [7, 11) is 1.82. The first kappa shape index (κ1) is 13.8.